The molecular formula is C36H54N2O. The molecule has 1 amide bonds. The number of carbonyl (C=O) groups excluding carboxylic acids is 1. The SMILES string of the molecule is CC.CC.CC.CC.CC.O=C(CCc1ccccc1)N1CCc2c([nH]c3ccccc23)C1c1ccccc1. The number of para-hydroxylation sites is 1. The predicted octanol–water partition coefficient (Wildman–Crippen LogP) is 10.4. The Labute approximate surface area is 239 Å². The maximum atomic E-state index is 13.3. The average molecular weight is 531 g/mol. The summed E-state index contributed by atoms with van der Waals surface area (Å²) < 4.78 is 0. The van der Waals surface area contributed by atoms with Crippen LogP contribution in [0.15, 0.2) is 84.9 Å². The standard InChI is InChI=1S/C26H24N2O.5C2H6/c29-24(16-15-19-9-3-1-4-10-19)28-18-17-22-21-13-7-8-14-23(21)27-25(22)26(28)20-11-5-2-6-12-20;5*1-2/h1-14,26-27H,15-18H2;5*1-2H3. The number of benzene rings is 3. The molecular weight excluding hydrogens is 476 g/mol. The molecule has 0 bridgehead atoms. The van der Waals surface area contributed by atoms with E-state index in [-0.39, 0.29) is 11.9 Å². The van der Waals surface area contributed by atoms with Gasteiger partial charge in [0.1, 0.15) is 0 Å². The van der Waals surface area contributed by atoms with Crippen LogP contribution in [0.4, 0.5) is 0 Å². The van der Waals surface area contributed by atoms with Gasteiger partial charge < -0.3 is 9.88 Å². The Balaban J connectivity index is 0.00000131. The maximum Gasteiger partial charge on any atom is 0.223 e. The Kier molecular flexibility index (Phi) is 19.7. The summed E-state index contributed by atoms with van der Waals surface area (Å²) in [5.41, 5.74) is 6.03. The summed E-state index contributed by atoms with van der Waals surface area (Å²) in [5.74, 6) is 0.215. The van der Waals surface area contributed by atoms with Gasteiger partial charge in [-0.2, -0.15) is 0 Å². The first-order valence-corrected chi connectivity index (χ1v) is 15.3. The largest absolute Gasteiger partial charge is 0.356 e. The van der Waals surface area contributed by atoms with E-state index in [4.69, 9.17) is 0 Å². The molecule has 2 heterocycles. The van der Waals surface area contributed by atoms with Crippen molar-refractivity contribution in [3.8, 4) is 0 Å². The van der Waals surface area contributed by atoms with E-state index in [2.05, 4.69) is 70.5 Å². The number of hydrogen-bond acceptors (Lipinski definition) is 1. The second kappa shape index (κ2) is 21.6. The molecule has 1 aliphatic heterocycles. The fraction of sp³-hybridized carbons (Fsp3) is 0.417. The Bertz CT molecular complexity index is 1130. The van der Waals surface area contributed by atoms with E-state index in [0.29, 0.717) is 6.42 Å². The van der Waals surface area contributed by atoms with Crippen molar-refractivity contribution < 1.29 is 4.79 Å². The molecule has 4 aromatic rings. The van der Waals surface area contributed by atoms with Gasteiger partial charge in [-0.05, 0) is 35.6 Å². The van der Waals surface area contributed by atoms with Gasteiger partial charge in [-0.1, -0.05) is 148 Å². The highest BCUT2D eigenvalue weighted by Crippen LogP contribution is 2.38. The van der Waals surface area contributed by atoms with Crippen molar-refractivity contribution in [2.75, 3.05) is 6.54 Å². The summed E-state index contributed by atoms with van der Waals surface area (Å²) >= 11 is 0. The molecule has 1 aromatic heterocycles. The monoisotopic (exact) mass is 530 g/mol. The first kappa shape index (κ1) is 35.7. The second-order valence-electron chi connectivity index (χ2n) is 7.70. The van der Waals surface area contributed by atoms with Crippen molar-refractivity contribution in [1.29, 1.82) is 0 Å². The third-order valence-corrected chi connectivity index (χ3v) is 5.94. The van der Waals surface area contributed by atoms with Gasteiger partial charge in [0.2, 0.25) is 5.91 Å². The molecule has 3 heteroatoms. The highest BCUT2D eigenvalue weighted by molar-refractivity contribution is 5.86. The van der Waals surface area contributed by atoms with Crippen LogP contribution in [-0.2, 0) is 17.6 Å². The van der Waals surface area contributed by atoms with Gasteiger partial charge in [-0.25, -0.2) is 0 Å². The number of rotatable bonds is 4. The molecule has 0 radical (unpaired) electrons. The highest BCUT2D eigenvalue weighted by atomic mass is 16.2. The lowest BCUT2D eigenvalue weighted by Gasteiger charge is -2.36. The van der Waals surface area contributed by atoms with Crippen LogP contribution in [0.3, 0.4) is 0 Å². The summed E-state index contributed by atoms with van der Waals surface area (Å²) in [6.45, 7) is 20.8. The number of fused-ring (bicyclic) bond motifs is 3. The van der Waals surface area contributed by atoms with E-state index in [1.807, 2.05) is 93.5 Å². The zero-order valence-corrected chi connectivity index (χ0v) is 26.3. The van der Waals surface area contributed by atoms with Gasteiger partial charge in [0.15, 0.2) is 0 Å². The number of aromatic nitrogens is 1. The fourth-order valence-corrected chi connectivity index (χ4v) is 4.53. The van der Waals surface area contributed by atoms with Crippen molar-refractivity contribution in [3.63, 3.8) is 0 Å². The Hall–Kier alpha value is -3.33. The highest BCUT2D eigenvalue weighted by Gasteiger charge is 2.34. The number of aryl methyl sites for hydroxylation is 1. The zero-order valence-electron chi connectivity index (χ0n) is 26.3. The molecule has 0 saturated heterocycles. The molecule has 0 aliphatic carbocycles. The lowest BCUT2D eigenvalue weighted by Crippen LogP contribution is -2.40. The van der Waals surface area contributed by atoms with Crippen LogP contribution >= 0.6 is 0 Å². The molecule has 3 aromatic carbocycles. The van der Waals surface area contributed by atoms with Crippen LogP contribution in [-0.4, -0.2) is 22.3 Å². The normalized spacial score (nSPS) is 12.7. The first-order valence-electron chi connectivity index (χ1n) is 15.3. The minimum Gasteiger partial charge on any atom is -0.356 e. The molecule has 0 fully saturated rings. The first-order chi connectivity index (χ1) is 19.3. The molecule has 1 aliphatic rings. The van der Waals surface area contributed by atoms with Crippen LogP contribution in [0.25, 0.3) is 10.9 Å². The summed E-state index contributed by atoms with van der Waals surface area (Å²) in [4.78, 5) is 19.0. The smallest absolute Gasteiger partial charge is 0.223 e. The van der Waals surface area contributed by atoms with Gasteiger partial charge in [-0.15, -0.1) is 0 Å². The fourth-order valence-electron chi connectivity index (χ4n) is 4.53. The zero-order chi connectivity index (χ0) is 29.6. The van der Waals surface area contributed by atoms with E-state index in [1.165, 1.54) is 16.5 Å². The van der Waals surface area contributed by atoms with Gasteiger partial charge in [0.05, 0.1) is 6.04 Å². The quantitative estimate of drug-likeness (QED) is 0.280. The molecule has 5 rings (SSSR count). The minimum atomic E-state index is -0.0596. The third kappa shape index (κ3) is 9.73. The van der Waals surface area contributed by atoms with Crippen molar-refractivity contribution >= 4 is 16.8 Å². The molecule has 214 valence electrons. The lowest BCUT2D eigenvalue weighted by atomic mass is 9.92. The summed E-state index contributed by atoms with van der Waals surface area (Å²) in [7, 11) is 0. The number of hydrogen-bond donors (Lipinski definition) is 1. The molecule has 1 unspecified atom stereocenters. The average Bonchev–Trinajstić information content (AvgIpc) is 3.44. The van der Waals surface area contributed by atoms with Gasteiger partial charge in [0, 0.05) is 29.6 Å². The van der Waals surface area contributed by atoms with Crippen LogP contribution in [0.1, 0.15) is 104 Å². The van der Waals surface area contributed by atoms with Gasteiger partial charge in [-0.3, -0.25) is 4.79 Å². The van der Waals surface area contributed by atoms with Crippen LogP contribution < -0.4 is 0 Å². The molecule has 0 spiro atoms. The number of nitrogens with one attached hydrogen (secondary N) is 1. The summed E-state index contributed by atoms with van der Waals surface area (Å²) in [6.07, 6.45) is 2.19. The van der Waals surface area contributed by atoms with Crippen molar-refractivity contribution in [2.24, 2.45) is 0 Å². The number of carbonyl (C=O) groups is 1. The van der Waals surface area contributed by atoms with Gasteiger partial charge >= 0.3 is 0 Å². The third-order valence-electron chi connectivity index (χ3n) is 5.94. The van der Waals surface area contributed by atoms with Crippen LogP contribution in [0, 0.1) is 0 Å². The van der Waals surface area contributed by atoms with Gasteiger partial charge in [0.25, 0.3) is 0 Å². The van der Waals surface area contributed by atoms with E-state index in [1.54, 1.807) is 0 Å². The van der Waals surface area contributed by atoms with E-state index in [9.17, 15) is 4.79 Å². The van der Waals surface area contributed by atoms with Crippen molar-refractivity contribution in [2.45, 2.75) is 94.5 Å². The second-order valence-corrected chi connectivity index (χ2v) is 7.70. The van der Waals surface area contributed by atoms with E-state index in [0.717, 1.165) is 36.2 Å². The number of amides is 1. The lowest BCUT2D eigenvalue weighted by molar-refractivity contribution is -0.133. The van der Waals surface area contributed by atoms with Crippen LogP contribution in [0.5, 0.6) is 0 Å². The number of H-pyrrole nitrogens is 1. The van der Waals surface area contributed by atoms with Crippen molar-refractivity contribution in [3.05, 3.63) is 107 Å². The topological polar surface area (TPSA) is 36.1 Å². The molecule has 1 N–H and O–H groups in total. The molecule has 0 saturated carbocycles. The Morgan fingerprint density at radius 3 is 1.82 bits per heavy atom. The molecule has 3 nitrogen and oxygen atoms in total. The minimum absolute atomic E-state index is 0.0596. The maximum absolute atomic E-state index is 13.3. The molecule has 39 heavy (non-hydrogen) atoms. The summed E-state index contributed by atoms with van der Waals surface area (Å²) in [5, 5.41) is 1.28. The Morgan fingerprint density at radius 1 is 0.718 bits per heavy atom. The number of aromatic amines is 1. The van der Waals surface area contributed by atoms with Crippen molar-refractivity contribution in [1.82, 2.24) is 9.88 Å². The van der Waals surface area contributed by atoms with E-state index < -0.39 is 0 Å². The van der Waals surface area contributed by atoms with Crippen LogP contribution in [0.2, 0.25) is 0 Å². The Morgan fingerprint density at radius 2 is 1.23 bits per heavy atom. The number of nitrogens with zero attached hydrogens (tertiary/aromatic N) is 1. The predicted molar refractivity (Wildman–Crippen MR) is 174 cm³/mol. The molecule has 1 atom stereocenters. The van der Waals surface area contributed by atoms with E-state index >= 15 is 0 Å². The summed E-state index contributed by atoms with van der Waals surface area (Å²) in [6, 6.07) is 29.0.